The molecule has 0 spiro atoms. The van der Waals surface area contributed by atoms with E-state index < -0.39 is 23.2 Å². The van der Waals surface area contributed by atoms with Crippen LogP contribution in [0.1, 0.15) is 16.7 Å². The first kappa shape index (κ1) is 14.4. The van der Waals surface area contributed by atoms with Crippen LogP contribution in [0.4, 0.5) is 18.9 Å². The minimum Gasteiger partial charge on any atom is -0.508 e. The number of carbonyl (C=O) groups excluding carboxylic acids is 1. The Bertz CT molecular complexity index is 756. The number of halogens is 3. The van der Waals surface area contributed by atoms with Crippen LogP contribution < -0.4 is 5.32 Å². The molecular formula is C15H10F3NO3. The van der Waals surface area contributed by atoms with Crippen molar-refractivity contribution in [1.29, 1.82) is 0 Å². The normalized spacial score (nSPS) is 20.6. The van der Waals surface area contributed by atoms with E-state index in [4.69, 9.17) is 0 Å². The number of carbonyl (C=O) groups is 1. The Morgan fingerprint density at radius 3 is 2.27 bits per heavy atom. The molecule has 0 saturated carbocycles. The molecule has 0 radical (unpaired) electrons. The van der Waals surface area contributed by atoms with Crippen molar-refractivity contribution in [3.63, 3.8) is 0 Å². The molecule has 4 nitrogen and oxygen atoms in total. The number of anilines is 1. The SMILES string of the molecule is O=C1Nc2cc(C(F)(F)F)ccc2C1(O)c1ccc(O)cc1. The number of alkyl halides is 3. The average molecular weight is 309 g/mol. The van der Waals surface area contributed by atoms with Crippen LogP contribution in [0.2, 0.25) is 0 Å². The molecule has 114 valence electrons. The van der Waals surface area contributed by atoms with Crippen LogP contribution in [0.3, 0.4) is 0 Å². The first-order chi connectivity index (χ1) is 10.2. The average Bonchev–Trinajstić information content (AvgIpc) is 2.71. The lowest BCUT2D eigenvalue weighted by atomic mass is 9.87. The smallest absolute Gasteiger partial charge is 0.416 e. The summed E-state index contributed by atoms with van der Waals surface area (Å²) in [6.45, 7) is 0. The molecule has 2 aromatic rings. The minimum atomic E-state index is -4.54. The van der Waals surface area contributed by atoms with Gasteiger partial charge in [0.2, 0.25) is 0 Å². The Balaban J connectivity index is 2.14. The summed E-state index contributed by atoms with van der Waals surface area (Å²) >= 11 is 0. The molecular weight excluding hydrogens is 299 g/mol. The number of fused-ring (bicyclic) bond motifs is 1. The molecule has 3 rings (SSSR count). The van der Waals surface area contributed by atoms with Gasteiger partial charge in [-0.2, -0.15) is 13.2 Å². The van der Waals surface area contributed by atoms with E-state index in [0.717, 1.165) is 18.2 Å². The second-order valence-corrected chi connectivity index (χ2v) is 4.97. The number of benzene rings is 2. The van der Waals surface area contributed by atoms with Crippen LogP contribution in [0, 0.1) is 0 Å². The lowest BCUT2D eigenvalue weighted by Gasteiger charge is -2.21. The summed E-state index contributed by atoms with van der Waals surface area (Å²) in [7, 11) is 0. The molecule has 3 N–H and O–H groups in total. The van der Waals surface area contributed by atoms with Crippen LogP contribution in [0.5, 0.6) is 5.75 Å². The van der Waals surface area contributed by atoms with Gasteiger partial charge in [0, 0.05) is 11.3 Å². The Morgan fingerprint density at radius 1 is 1.05 bits per heavy atom. The van der Waals surface area contributed by atoms with Crippen molar-refractivity contribution in [2.45, 2.75) is 11.8 Å². The van der Waals surface area contributed by atoms with Gasteiger partial charge in [-0.25, -0.2) is 0 Å². The second-order valence-electron chi connectivity index (χ2n) is 4.97. The Hall–Kier alpha value is -2.54. The summed E-state index contributed by atoms with van der Waals surface area (Å²) < 4.78 is 38.1. The number of phenols is 1. The third-order valence-electron chi connectivity index (χ3n) is 3.60. The van der Waals surface area contributed by atoms with Crippen molar-refractivity contribution >= 4 is 11.6 Å². The van der Waals surface area contributed by atoms with Crippen molar-refractivity contribution < 1.29 is 28.2 Å². The monoisotopic (exact) mass is 309 g/mol. The summed E-state index contributed by atoms with van der Waals surface area (Å²) in [5.74, 6) is -0.897. The number of aromatic hydroxyl groups is 1. The first-order valence-corrected chi connectivity index (χ1v) is 6.28. The molecule has 0 bridgehead atoms. The fourth-order valence-corrected chi connectivity index (χ4v) is 2.46. The quantitative estimate of drug-likeness (QED) is 0.758. The molecule has 0 saturated heterocycles. The maximum atomic E-state index is 12.7. The maximum Gasteiger partial charge on any atom is 0.416 e. The Labute approximate surface area is 122 Å². The highest BCUT2D eigenvalue weighted by Crippen LogP contribution is 2.43. The highest BCUT2D eigenvalue weighted by Gasteiger charge is 2.47. The van der Waals surface area contributed by atoms with E-state index >= 15 is 0 Å². The summed E-state index contributed by atoms with van der Waals surface area (Å²) in [5, 5.41) is 22.2. The highest BCUT2D eigenvalue weighted by atomic mass is 19.4. The van der Waals surface area contributed by atoms with Gasteiger partial charge < -0.3 is 15.5 Å². The highest BCUT2D eigenvalue weighted by molar-refractivity contribution is 6.07. The molecule has 2 aromatic carbocycles. The van der Waals surface area contributed by atoms with Crippen molar-refractivity contribution in [2.24, 2.45) is 0 Å². The van der Waals surface area contributed by atoms with Crippen molar-refractivity contribution in [2.75, 3.05) is 5.32 Å². The van der Waals surface area contributed by atoms with Crippen molar-refractivity contribution in [1.82, 2.24) is 0 Å². The van der Waals surface area contributed by atoms with Crippen LogP contribution in [0.15, 0.2) is 42.5 Å². The predicted octanol–water partition coefficient (Wildman–Crippen LogP) is 2.60. The Morgan fingerprint density at radius 2 is 1.68 bits per heavy atom. The summed E-state index contributed by atoms with van der Waals surface area (Å²) in [6, 6.07) is 7.90. The van der Waals surface area contributed by atoms with Gasteiger partial charge in [-0.15, -0.1) is 0 Å². The van der Waals surface area contributed by atoms with Gasteiger partial charge in [-0.3, -0.25) is 4.79 Å². The minimum absolute atomic E-state index is 0.0381. The molecule has 1 aliphatic heterocycles. The fraction of sp³-hybridized carbons (Fsp3) is 0.133. The van der Waals surface area contributed by atoms with Gasteiger partial charge in [0.1, 0.15) is 5.75 Å². The van der Waals surface area contributed by atoms with Crippen molar-refractivity contribution in [3.05, 3.63) is 59.2 Å². The zero-order valence-electron chi connectivity index (χ0n) is 11.0. The van der Waals surface area contributed by atoms with Crippen LogP contribution >= 0.6 is 0 Å². The maximum absolute atomic E-state index is 12.7. The Kier molecular flexibility index (Phi) is 2.93. The lowest BCUT2D eigenvalue weighted by molar-refractivity contribution is -0.137. The first-order valence-electron chi connectivity index (χ1n) is 6.28. The van der Waals surface area contributed by atoms with Gasteiger partial charge in [0.05, 0.1) is 5.56 Å². The standard InChI is InChI=1S/C15H10F3NO3/c16-15(17,18)9-3-6-11-12(7-9)19-13(21)14(11,22)8-1-4-10(20)5-2-8/h1-7,20,22H,(H,19,21). The van der Waals surface area contributed by atoms with E-state index in [1.807, 2.05) is 0 Å². The molecule has 0 fully saturated rings. The number of phenolic OH excluding ortho intramolecular Hbond substituents is 1. The molecule has 1 amide bonds. The molecule has 0 aromatic heterocycles. The van der Waals surface area contributed by atoms with E-state index in [1.165, 1.54) is 24.3 Å². The second kappa shape index (κ2) is 4.48. The van der Waals surface area contributed by atoms with Gasteiger partial charge in [0.25, 0.3) is 5.91 Å². The van der Waals surface area contributed by atoms with Crippen LogP contribution in [0.25, 0.3) is 0 Å². The molecule has 22 heavy (non-hydrogen) atoms. The van der Waals surface area contributed by atoms with E-state index in [-0.39, 0.29) is 22.6 Å². The largest absolute Gasteiger partial charge is 0.508 e. The molecule has 1 aliphatic rings. The number of aliphatic hydroxyl groups is 1. The summed E-state index contributed by atoms with van der Waals surface area (Å²) in [5.41, 5.74) is -2.90. The fourth-order valence-electron chi connectivity index (χ4n) is 2.46. The van der Waals surface area contributed by atoms with E-state index in [0.29, 0.717) is 0 Å². The number of nitrogens with one attached hydrogen (secondary N) is 1. The molecule has 1 unspecified atom stereocenters. The molecule has 0 aliphatic carbocycles. The van der Waals surface area contributed by atoms with Crippen LogP contribution in [-0.4, -0.2) is 16.1 Å². The zero-order valence-corrected chi connectivity index (χ0v) is 11.0. The molecule has 1 atom stereocenters. The lowest BCUT2D eigenvalue weighted by Crippen LogP contribution is -2.35. The number of hydrogen-bond donors (Lipinski definition) is 3. The topological polar surface area (TPSA) is 69.6 Å². The van der Waals surface area contributed by atoms with E-state index in [9.17, 15) is 28.2 Å². The van der Waals surface area contributed by atoms with E-state index in [1.54, 1.807) is 0 Å². The third-order valence-corrected chi connectivity index (χ3v) is 3.60. The van der Waals surface area contributed by atoms with Gasteiger partial charge in [-0.05, 0) is 29.8 Å². The van der Waals surface area contributed by atoms with Crippen molar-refractivity contribution in [3.8, 4) is 5.75 Å². The van der Waals surface area contributed by atoms with Gasteiger partial charge >= 0.3 is 6.18 Å². The number of amides is 1. The molecule has 7 heteroatoms. The summed E-state index contributed by atoms with van der Waals surface area (Å²) in [4.78, 5) is 12.1. The third kappa shape index (κ3) is 2.01. The van der Waals surface area contributed by atoms with E-state index in [2.05, 4.69) is 5.32 Å². The van der Waals surface area contributed by atoms with Gasteiger partial charge in [0.15, 0.2) is 5.60 Å². The van der Waals surface area contributed by atoms with Gasteiger partial charge in [-0.1, -0.05) is 18.2 Å². The zero-order chi connectivity index (χ0) is 16.1. The van der Waals surface area contributed by atoms with Crippen LogP contribution in [-0.2, 0) is 16.6 Å². The number of rotatable bonds is 1. The summed E-state index contributed by atoms with van der Waals surface area (Å²) in [6.07, 6.45) is -4.54. The predicted molar refractivity (Wildman–Crippen MR) is 71.2 cm³/mol. The number of hydrogen-bond acceptors (Lipinski definition) is 3. The molecule has 1 heterocycles.